The number of carbonyl (C=O) groups is 2. The van der Waals surface area contributed by atoms with Gasteiger partial charge in [0.15, 0.2) is 0 Å². The minimum atomic E-state index is -0.843. The van der Waals surface area contributed by atoms with Crippen LogP contribution >= 0.6 is 0 Å². The minimum Gasteiger partial charge on any atom is -0.461 e. The van der Waals surface area contributed by atoms with Gasteiger partial charge in [0.05, 0.1) is 24.0 Å². The molecule has 6 nitrogen and oxygen atoms in total. The minimum absolute atomic E-state index is 0.0393. The molecule has 2 aliphatic heterocycles. The Hall–Kier alpha value is -2.44. The van der Waals surface area contributed by atoms with E-state index in [-0.39, 0.29) is 29.5 Å². The van der Waals surface area contributed by atoms with Crippen LogP contribution in [0.15, 0.2) is 58.7 Å². The Labute approximate surface area is 214 Å². The number of hydrogen-bond acceptors (Lipinski definition) is 6. The zero-order valence-corrected chi connectivity index (χ0v) is 21.9. The van der Waals surface area contributed by atoms with Crippen LogP contribution in [0.5, 0.6) is 0 Å². The van der Waals surface area contributed by atoms with E-state index in [1.165, 1.54) is 5.57 Å². The number of fused-ring (bicyclic) bond motifs is 2. The molecular formula is C30H40O6. The highest BCUT2D eigenvalue weighted by molar-refractivity contribution is 5.91. The first-order valence-corrected chi connectivity index (χ1v) is 13.2. The molecule has 2 saturated heterocycles. The van der Waals surface area contributed by atoms with E-state index in [1.807, 2.05) is 32.9 Å². The Kier molecular flexibility index (Phi) is 8.06. The third-order valence-electron chi connectivity index (χ3n) is 8.45. The van der Waals surface area contributed by atoms with Gasteiger partial charge in [0.25, 0.3) is 0 Å². The molecule has 8 atom stereocenters. The van der Waals surface area contributed by atoms with E-state index >= 15 is 0 Å². The van der Waals surface area contributed by atoms with Gasteiger partial charge >= 0.3 is 11.9 Å². The highest BCUT2D eigenvalue weighted by Crippen LogP contribution is 2.42. The topological polar surface area (TPSA) is 93.1 Å². The van der Waals surface area contributed by atoms with Crippen molar-refractivity contribution in [3.63, 3.8) is 0 Å². The number of ether oxygens (including phenoxy) is 2. The molecule has 4 aliphatic rings. The van der Waals surface area contributed by atoms with Gasteiger partial charge in [-0.1, -0.05) is 47.1 Å². The average Bonchev–Trinajstić information content (AvgIpc) is 3.24. The molecule has 0 amide bonds. The molecule has 36 heavy (non-hydrogen) atoms. The number of hydrogen-bond donors (Lipinski definition) is 2. The Bertz CT molecular complexity index is 1030. The number of rotatable bonds is 2. The summed E-state index contributed by atoms with van der Waals surface area (Å²) in [5.41, 5.74) is 4.63. The average molecular weight is 497 g/mol. The SMILES string of the molecule is C=C1C(=O)OC2C=C(C)C(CC3C(=O)OC4CC(C)=CCCC(C)=CC(O)C43)CCC(C)=CC(O)C12. The second kappa shape index (κ2) is 10.9. The predicted molar refractivity (Wildman–Crippen MR) is 138 cm³/mol. The summed E-state index contributed by atoms with van der Waals surface area (Å²) >= 11 is 0. The molecule has 2 heterocycles. The maximum Gasteiger partial charge on any atom is 0.334 e. The number of allylic oxidation sites excluding steroid dienone is 4. The number of carbonyl (C=O) groups excluding carboxylic acids is 2. The van der Waals surface area contributed by atoms with Crippen LogP contribution in [0.2, 0.25) is 0 Å². The molecule has 2 aliphatic carbocycles. The van der Waals surface area contributed by atoms with Crippen LogP contribution < -0.4 is 0 Å². The molecule has 4 rings (SSSR count). The maximum atomic E-state index is 13.2. The second-order valence-corrected chi connectivity index (χ2v) is 11.3. The Morgan fingerprint density at radius 3 is 2.39 bits per heavy atom. The van der Waals surface area contributed by atoms with Gasteiger partial charge in [-0.2, -0.15) is 0 Å². The van der Waals surface area contributed by atoms with Gasteiger partial charge in [0.2, 0.25) is 0 Å². The van der Waals surface area contributed by atoms with E-state index in [2.05, 4.69) is 19.6 Å². The Morgan fingerprint density at radius 2 is 1.64 bits per heavy atom. The third-order valence-corrected chi connectivity index (χ3v) is 8.45. The summed E-state index contributed by atoms with van der Waals surface area (Å²) < 4.78 is 11.4. The van der Waals surface area contributed by atoms with Gasteiger partial charge in [-0.15, -0.1) is 0 Å². The lowest BCUT2D eigenvalue weighted by atomic mass is 9.74. The van der Waals surface area contributed by atoms with Crippen molar-refractivity contribution in [3.8, 4) is 0 Å². The first kappa shape index (κ1) is 26.6. The number of aliphatic hydroxyl groups is 2. The van der Waals surface area contributed by atoms with Crippen LogP contribution in [-0.2, 0) is 19.1 Å². The summed E-state index contributed by atoms with van der Waals surface area (Å²) in [6.07, 6.45) is 9.83. The van der Waals surface area contributed by atoms with Crippen LogP contribution in [0.3, 0.4) is 0 Å². The van der Waals surface area contributed by atoms with Gasteiger partial charge < -0.3 is 19.7 Å². The molecule has 0 aromatic heterocycles. The van der Waals surface area contributed by atoms with Crippen molar-refractivity contribution < 1.29 is 29.3 Å². The van der Waals surface area contributed by atoms with Gasteiger partial charge in [-0.05, 0) is 71.8 Å². The van der Waals surface area contributed by atoms with Gasteiger partial charge in [-0.3, -0.25) is 4.79 Å². The lowest BCUT2D eigenvalue weighted by Crippen LogP contribution is -2.34. The molecule has 0 aromatic carbocycles. The van der Waals surface area contributed by atoms with E-state index in [0.29, 0.717) is 12.8 Å². The lowest BCUT2D eigenvalue weighted by molar-refractivity contribution is -0.144. The van der Waals surface area contributed by atoms with Crippen molar-refractivity contribution in [1.82, 2.24) is 0 Å². The van der Waals surface area contributed by atoms with Crippen molar-refractivity contribution in [1.29, 1.82) is 0 Å². The summed E-state index contributed by atoms with van der Waals surface area (Å²) in [7, 11) is 0. The van der Waals surface area contributed by atoms with Crippen LogP contribution in [0.1, 0.15) is 66.2 Å². The van der Waals surface area contributed by atoms with Crippen molar-refractivity contribution in [2.75, 3.05) is 0 Å². The summed E-state index contributed by atoms with van der Waals surface area (Å²) in [4.78, 5) is 25.4. The number of esters is 2. The van der Waals surface area contributed by atoms with E-state index in [9.17, 15) is 19.8 Å². The van der Waals surface area contributed by atoms with Crippen molar-refractivity contribution in [3.05, 3.63) is 58.7 Å². The standard InChI is InChI=1S/C30H40O6/c1-16-7-6-8-17(2)13-25-28(24(32)11-16)22(30(34)36-25)15-21-10-9-18(3)12-23(31)27-20(5)29(33)35-26(27)14-19(21)4/h8,11-12,14,21-28,31-32H,5-7,9-10,13,15H2,1-4H3. The molecule has 2 fully saturated rings. The molecule has 0 aromatic rings. The molecule has 6 heteroatoms. The first-order valence-electron chi connectivity index (χ1n) is 13.2. The second-order valence-electron chi connectivity index (χ2n) is 11.3. The molecule has 8 unspecified atom stereocenters. The number of aliphatic hydroxyl groups excluding tert-OH is 2. The summed E-state index contributed by atoms with van der Waals surface area (Å²) in [5, 5.41) is 22.0. The quantitative estimate of drug-likeness (QED) is 0.326. The fourth-order valence-electron chi connectivity index (χ4n) is 6.31. The van der Waals surface area contributed by atoms with Crippen LogP contribution in [0.4, 0.5) is 0 Å². The lowest BCUT2D eigenvalue weighted by Gasteiger charge is -2.29. The van der Waals surface area contributed by atoms with E-state index in [0.717, 1.165) is 42.4 Å². The Morgan fingerprint density at radius 1 is 0.944 bits per heavy atom. The normalized spacial score (nSPS) is 38.0. The van der Waals surface area contributed by atoms with Crippen molar-refractivity contribution >= 4 is 11.9 Å². The van der Waals surface area contributed by atoms with Crippen LogP contribution in [0, 0.1) is 23.7 Å². The maximum absolute atomic E-state index is 13.2. The van der Waals surface area contributed by atoms with Gasteiger partial charge in [0.1, 0.15) is 12.2 Å². The largest absolute Gasteiger partial charge is 0.461 e. The van der Waals surface area contributed by atoms with Crippen molar-refractivity contribution in [2.45, 2.75) is 90.6 Å². The summed E-state index contributed by atoms with van der Waals surface area (Å²) in [5.74, 6) is -1.94. The van der Waals surface area contributed by atoms with Gasteiger partial charge in [-0.25, -0.2) is 4.79 Å². The molecule has 0 spiro atoms. The van der Waals surface area contributed by atoms with Gasteiger partial charge in [0, 0.05) is 17.9 Å². The monoisotopic (exact) mass is 496 g/mol. The van der Waals surface area contributed by atoms with E-state index < -0.39 is 36.1 Å². The van der Waals surface area contributed by atoms with Crippen LogP contribution in [0.25, 0.3) is 0 Å². The van der Waals surface area contributed by atoms with E-state index in [4.69, 9.17) is 9.47 Å². The van der Waals surface area contributed by atoms with Crippen LogP contribution in [-0.4, -0.2) is 46.6 Å². The molecule has 0 saturated carbocycles. The Balaban J connectivity index is 1.64. The zero-order chi connectivity index (χ0) is 26.1. The molecular weight excluding hydrogens is 456 g/mol. The molecule has 196 valence electrons. The smallest absolute Gasteiger partial charge is 0.334 e. The molecule has 2 N–H and O–H groups in total. The highest BCUT2D eigenvalue weighted by atomic mass is 16.6. The first-order chi connectivity index (χ1) is 17.0. The van der Waals surface area contributed by atoms with Crippen molar-refractivity contribution in [2.24, 2.45) is 23.7 Å². The summed E-state index contributed by atoms with van der Waals surface area (Å²) in [6, 6.07) is 0. The van der Waals surface area contributed by atoms with E-state index in [1.54, 1.807) is 6.08 Å². The fraction of sp³-hybridized carbons (Fsp3) is 0.600. The summed E-state index contributed by atoms with van der Waals surface area (Å²) in [6.45, 7) is 11.9. The highest BCUT2D eigenvalue weighted by Gasteiger charge is 2.48. The molecule has 0 bridgehead atoms. The zero-order valence-electron chi connectivity index (χ0n) is 21.9. The predicted octanol–water partition coefficient (Wildman–Crippen LogP) is 4.73. The molecule has 0 radical (unpaired) electrons. The fourth-order valence-corrected chi connectivity index (χ4v) is 6.31. The third kappa shape index (κ3) is 5.60.